The van der Waals surface area contributed by atoms with Gasteiger partial charge in [0.25, 0.3) is 5.91 Å². The van der Waals surface area contributed by atoms with Crippen LogP contribution in [0.25, 0.3) is 0 Å². The van der Waals surface area contributed by atoms with Gasteiger partial charge in [-0.1, -0.05) is 24.4 Å². The fourth-order valence-electron chi connectivity index (χ4n) is 2.19. The smallest absolute Gasteiger partial charge is 0.258 e. The Morgan fingerprint density at radius 3 is 2.89 bits per heavy atom. The zero-order valence-corrected chi connectivity index (χ0v) is 11.2. The Morgan fingerprint density at radius 2 is 2.21 bits per heavy atom. The van der Waals surface area contributed by atoms with Gasteiger partial charge in [0.1, 0.15) is 11.8 Å². The third-order valence-electron chi connectivity index (χ3n) is 3.14. The number of carbonyl (C=O) groups is 1. The Bertz CT molecular complexity index is 505. The number of carbonyl (C=O) groups excluding carboxylic acids is 1. The summed E-state index contributed by atoms with van der Waals surface area (Å²) in [5.74, 6) is 0.187. The summed E-state index contributed by atoms with van der Waals surface area (Å²) in [7, 11) is 0. The Balaban J connectivity index is 1.89. The highest BCUT2D eigenvalue weighted by molar-refractivity contribution is 6.30. The molecule has 0 aromatic heterocycles. The Hall–Kier alpha value is -1.73. The van der Waals surface area contributed by atoms with Crippen molar-refractivity contribution in [1.29, 1.82) is 5.26 Å². The van der Waals surface area contributed by atoms with Crippen LogP contribution in [0.1, 0.15) is 31.2 Å². The summed E-state index contributed by atoms with van der Waals surface area (Å²) in [6, 6.07) is 7.01. The van der Waals surface area contributed by atoms with Crippen LogP contribution in [0.5, 0.6) is 5.75 Å². The summed E-state index contributed by atoms with van der Waals surface area (Å²) in [6.45, 7) is -0.0917. The van der Waals surface area contributed by atoms with Crippen molar-refractivity contribution in [3.63, 3.8) is 0 Å². The third kappa shape index (κ3) is 3.87. The van der Waals surface area contributed by atoms with Crippen molar-refractivity contribution in [2.75, 3.05) is 6.61 Å². The lowest BCUT2D eigenvalue weighted by molar-refractivity contribution is -0.123. The zero-order chi connectivity index (χ0) is 13.7. The minimum atomic E-state index is -0.157. The van der Waals surface area contributed by atoms with Gasteiger partial charge >= 0.3 is 0 Å². The first-order valence-electron chi connectivity index (χ1n) is 6.31. The van der Waals surface area contributed by atoms with E-state index in [9.17, 15) is 4.79 Å². The number of nitrogens with one attached hydrogen (secondary N) is 1. The topological polar surface area (TPSA) is 62.1 Å². The van der Waals surface area contributed by atoms with Crippen LogP contribution in [0.2, 0.25) is 5.02 Å². The molecular formula is C14H15ClN2O2. The van der Waals surface area contributed by atoms with Crippen molar-refractivity contribution >= 4 is 17.5 Å². The molecule has 1 aromatic carbocycles. The molecule has 1 aliphatic rings. The van der Waals surface area contributed by atoms with E-state index in [1.54, 1.807) is 18.2 Å². The first-order valence-corrected chi connectivity index (χ1v) is 6.68. The SMILES string of the molecule is N#Cc1ccc(Cl)cc1OCC(=O)NC1CCCC1. The second-order valence-electron chi connectivity index (χ2n) is 4.59. The number of benzene rings is 1. The van der Waals surface area contributed by atoms with Gasteiger partial charge in [0.2, 0.25) is 0 Å². The molecule has 1 amide bonds. The van der Waals surface area contributed by atoms with Gasteiger partial charge in [0.15, 0.2) is 6.61 Å². The molecule has 0 aliphatic heterocycles. The molecule has 100 valence electrons. The second kappa shape index (κ2) is 6.44. The number of ether oxygens (including phenoxy) is 1. The molecule has 1 aliphatic carbocycles. The average molecular weight is 279 g/mol. The number of halogens is 1. The number of hydrogen-bond donors (Lipinski definition) is 1. The van der Waals surface area contributed by atoms with Gasteiger partial charge in [0.05, 0.1) is 5.56 Å². The first-order chi connectivity index (χ1) is 9.19. The summed E-state index contributed by atoms with van der Waals surface area (Å²) in [5, 5.41) is 12.3. The molecule has 1 fully saturated rings. The molecule has 2 rings (SSSR count). The quantitative estimate of drug-likeness (QED) is 0.921. The lowest BCUT2D eigenvalue weighted by Gasteiger charge is -2.13. The highest BCUT2D eigenvalue weighted by Gasteiger charge is 2.17. The van der Waals surface area contributed by atoms with E-state index in [0.717, 1.165) is 12.8 Å². The molecule has 0 saturated heterocycles. The maximum absolute atomic E-state index is 11.7. The molecule has 1 N–H and O–H groups in total. The molecular weight excluding hydrogens is 264 g/mol. The van der Waals surface area contributed by atoms with Gasteiger partial charge in [-0.15, -0.1) is 0 Å². The van der Waals surface area contributed by atoms with Crippen LogP contribution in [0.15, 0.2) is 18.2 Å². The highest BCUT2D eigenvalue weighted by Crippen LogP contribution is 2.22. The van der Waals surface area contributed by atoms with Gasteiger partial charge in [-0.25, -0.2) is 0 Å². The standard InChI is InChI=1S/C14H15ClN2O2/c15-11-6-5-10(8-16)13(7-11)19-9-14(18)17-12-3-1-2-4-12/h5-7,12H,1-4,9H2,(H,17,18). The molecule has 0 radical (unpaired) electrons. The largest absolute Gasteiger partial charge is 0.482 e. The van der Waals surface area contributed by atoms with Crippen LogP contribution in [-0.2, 0) is 4.79 Å². The molecule has 0 spiro atoms. The molecule has 5 heteroatoms. The van der Waals surface area contributed by atoms with Crippen molar-refractivity contribution in [3.05, 3.63) is 28.8 Å². The van der Waals surface area contributed by atoms with Gasteiger partial charge < -0.3 is 10.1 Å². The number of hydrogen-bond acceptors (Lipinski definition) is 3. The van der Waals surface area contributed by atoms with E-state index in [1.807, 2.05) is 6.07 Å². The number of nitriles is 1. The van der Waals surface area contributed by atoms with E-state index in [-0.39, 0.29) is 18.6 Å². The summed E-state index contributed by atoms with van der Waals surface area (Å²) in [4.78, 5) is 11.7. The summed E-state index contributed by atoms with van der Waals surface area (Å²) >= 11 is 5.84. The summed E-state index contributed by atoms with van der Waals surface area (Å²) in [6.07, 6.45) is 4.40. The van der Waals surface area contributed by atoms with E-state index in [0.29, 0.717) is 16.3 Å². The van der Waals surface area contributed by atoms with Crippen LogP contribution in [-0.4, -0.2) is 18.6 Å². The van der Waals surface area contributed by atoms with E-state index >= 15 is 0 Å². The fourth-order valence-corrected chi connectivity index (χ4v) is 2.35. The van der Waals surface area contributed by atoms with Crippen LogP contribution < -0.4 is 10.1 Å². The minimum Gasteiger partial charge on any atom is -0.482 e. The molecule has 1 aromatic rings. The molecule has 0 bridgehead atoms. The first kappa shape index (κ1) is 13.7. The normalized spacial score (nSPS) is 14.9. The predicted octanol–water partition coefficient (Wildman–Crippen LogP) is 2.65. The van der Waals surface area contributed by atoms with Gasteiger partial charge in [-0.05, 0) is 25.0 Å². The van der Waals surface area contributed by atoms with E-state index in [1.165, 1.54) is 12.8 Å². The van der Waals surface area contributed by atoms with Crippen LogP contribution in [0.3, 0.4) is 0 Å². The summed E-state index contributed by atoms with van der Waals surface area (Å²) in [5.41, 5.74) is 0.373. The van der Waals surface area contributed by atoms with Crippen molar-refractivity contribution < 1.29 is 9.53 Å². The van der Waals surface area contributed by atoms with Crippen LogP contribution in [0, 0.1) is 11.3 Å². The zero-order valence-electron chi connectivity index (χ0n) is 10.5. The molecule has 19 heavy (non-hydrogen) atoms. The Morgan fingerprint density at radius 1 is 1.47 bits per heavy atom. The summed E-state index contributed by atoms with van der Waals surface area (Å²) < 4.78 is 5.36. The maximum atomic E-state index is 11.7. The lowest BCUT2D eigenvalue weighted by Crippen LogP contribution is -2.36. The second-order valence-corrected chi connectivity index (χ2v) is 5.03. The molecule has 0 heterocycles. The number of rotatable bonds is 4. The molecule has 4 nitrogen and oxygen atoms in total. The van der Waals surface area contributed by atoms with Crippen molar-refractivity contribution in [2.24, 2.45) is 0 Å². The Kier molecular flexibility index (Phi) is 4.64. The Labute approximate surface area is 117 Å². The fraction of sp³-hybridized carbons (Fsp3) is 0.429. The third-order valence-corrected chi connectivity index (χ3v) is 3.38. The van der Waals surface area contributed by atoms with E-state index in [4.69, 9.17) is 21.6 Å². The highest BCUT2D eigenvalue weighted by atomic mass is 35.5. The minimum absolute atomic E-state index is 0.0917. The monoisotopic (exact) mass is 278 g/mol. The number of amides is 1. The van der Waals surface area contributed by atoms with Gasteiger partial charge in [0, 0.05) is 17.1 Å². The van der Waals surface area contributed by atoms with Crippen LogP contribution in [0.4, 0.5) is 0 Å². The maximum Gasteiger partial charge on any atom is 0.258 e. The molecule has 1 saturated carbocycles. The predicted molar refractivity (Wildman–Crippen MR) is 72.1 cm³/mol. The van der Waals surface area contributed by atoms with E-state index in [2.05, 4.69) is 5.32 Å². The average Bonchev–Trinajstić information content (AvgIpc) is 2.89. The molecule has 0 atom stereocenters. The molecule has 0 unspecified atom stereocenters. The van der Waals surface area contributed by atoms with Crippen molar-refractivity contribution in [3.8, 4) is 11.8 Å². The van der Waals surface area contributed by atoms with Crippen molar-refractivity contribution in [2.45, 2.75) is 31.7 Å². The van der Waals surface area contributed by atoms with Crippen molar-refractivity contribution in [1.82, 2.24) is 5.32 Å². The van der Waals surface area contributed by atoms with Gasteiger partial charge in [-0.2, -0.15) is 5.26 Å². The number of nitrogens with zero attached hydrogens (tertiary/aromatic N) is 1. The van der Waals surface area contributed by atoms with Gasteiger partial charge in [-0.3, -0.25) is 4.79 Å². The van der Waals surface area contributed by atoms with E-state index < -0.39 is 0 Å². The van der Waals surface area contributed by atoms with Crippen LogP contribution >= 0.6 is 11.6 Å². The lowest BCUT2D eigenvalue weighted by atomic mass is 10.2.